The van der Waals surface area contributed by atoms with E-state index in [1.807, 2.05) is 43.3 Å². The van der Waals surface area contributed by atoms with Crippen molar-refractivity contribution in [3.8, 4) is 17.2 Å². The molecule has 1 aliphatic rings. The number of carbonyl (C=O) groups excluding carboxylic acids is 2. The number of halogens is 1. The van der Waals surface area contributed by atoms with Crippen LogP contribution in [0.25, 0.3) is 0 Å². The van der Waals surface area contributed by atoms with Crippen LogP contribution in [0.5, 0.6) is 17.2 Å². The monoisotopic (exact) mass is 608 g/mol. The maximum Gasteiger partial charge on any atom is 0.337 e. The Morgan fingerprint density at radius 1 is 1.07 bits per heavy atom. The second-order valence-electron chi connectivity index (χ2n) is 9.37. The van der Waals surface area contributed by atoms with Crippen molar-refractivity contribution in [2.45, 2.75) is 32.7 Å². The summed E-state index contributed by atoms with van der Waals surface area (Å²) >= 11 is 5.95. The first-order valence-corrected chi connectivity index (χ1v) is 13.9. The number of benzene rings is 3. The summed E-state index contributed by atoms with van der Waals surface area (Å²) in [6.45, 7) is 3.98. The van der Waals surface area contributed by atoms with Crippen LogP contribution in [0.2, 0.25) is 5.02 Å². The Hall–Kier alpha value is -4.74. The highest BCUT2D eigenvalue weighted by atomic mass is 35.5. The summed E-state index contributed by atoms with van der Waals surface area (Å²) in [7, 11) is 1.28. The highest BCUT2D eigenvalue weighted by Crippen LogP contribution is 2.35. The van der Waals surface area contributed by atoms with Gasteiger partial charge in [-0.05, 0) is 61.4 Å². The van der Waals surface area contributed by atoms with Crippen LogP contribution in [-0.2, 0) is 16.1 Å². The molecule has 0 aliphatic carbocycles. The van der Waals surface area contributed by atoms with Gasteiger partial charge in [0.15, 0.2) is 17.7 Å². The lowest BCUT2D eigenvalue weighted by atomic mass is 9.95. The first-order valence-electron chi connectivity index (χ1n) is 13.5. The molecule has 0 saturated carbocycles. The standard InChI is InChI=1S/C31H33ClN4O7/c1-4-41-26-15-21(29-28(30(38)40-3)19(2)34-31(39)35-29)11-14-25(26)43-18-27(37)36-33-16-22-7-5-6-8-24(22)42-17-20-9-12-23(32)13-10-20/h5-16,27,29,36-37H,4,17-18H2,1-3H3,(H2,34,35,39)/b33-16+/t27-,29-/m0/s1. The van der Waals surface area contributed by atoms with Crippen LogP contribution in [0, 0.1) is 0 Å². The van der Waals surface area contributed by atoms with E-state index in [1.165, 1.54) is 7.11 Å². The van der Waals surface area contributed by atoms with Gasteiger partial charge in [0, 0.05) is 16.3 Å². The molecule has 43 heavy (non-hydrogen) atoms. The van der Waals surface area contributed by atoms with Crippen LogP contribution in [-0.4, -0.2) is 49.9 Å². The molecule has 2 atom stereocenters. The number of amides is 2. The van der Waals surface area contributed by atoms with Crippen molar-refractivity contribution in [3.63, 3.8) is 0 Å². The fourth-order valence-corrected chi connectivity index (χ4v) is 4.40. The molecule has 2 amide bonds. The third kappa shape index (κ3) is 8.40. The predicted octanol–water partition coefficient (Wildman–Crippen LogP) is 4.44. The van der Waals surface area contributed by atoms with Crippen molar-refractivity contribution < 1.29 is 33.6 Å². The molecule has 0 unspecified atom stereocenters. The number of para-hydroxylation sites is 1. The minimum absolute atomic E-state index is 0.151. The van der Waals surface area contributed by atoms with Gasteiger partial charge in [0.05, 0.1) is 31.5 Å². The van der Waals surface area contributed by atoms with E-state index in [-0.39, 0.29) is 12.2 Å². The molecule has 3 aromatic carbocycles. The van der Waals surface area contributed by atoms with E-state index in [0.717, 1.165) is 5.56 Å². The third-order valence-corrected chi connectivity index (χ3v) is 6.58. The third-order valence-electron chi connectivity index (χ3n) is 6.33. The van der Waals surface area contributed by atoms with E-state index in [0.29, 0.717) is 52.3 Å². The quantitative estimate of drug-likeness (QED) is 0.0967. The number of urea groups is 1. The molecule has 0 spiro atoms. The van der Waals surface area contributed by atoms with Crippen molar-refractivity contribution in [2.75, 3.05) is 20.3 Å². The lowest BCUT2D eigenvalue weighted by Crippen LogP contribution is -2.45. The summed E-state index contributed by atoms with van der Waals surface area (Å²) in [5, 5.41) is 20.6. The number of rotatable bonds is 13. The summed E-state index contributed by atoms with van der Waals surface area (Å²) < 4.78 is 22.4. The molecular weight excluding hydrogens is 576 g/mol. The first kappa shape index (κ1) is 31.2. The van der Waals surface area contributed by atoms with E-state index in [4.69, 9.17) is 30.5 Å². The molecule has 0 radical (unpaired) electrons. The number of esters is 1. The number of methoxy groups -OCH3 is 1. The zero-order chi connectivity index (χ0) is 30.8. The molecule has 0 aromatic heterocycles. The number of aliphatic hydroxyl groups is 1. The topological polar surface area (TPSA) is 140 Å². The number of hydrazone groups is 1. The van der Waals surface area contributed by atoms with Gasteiger partial charge < -0.3 is 34.7 Å². The number of aliphatic hydroxyl groups excluding tert-OH is 1. The van der Waals surface area contributed by atoms with Crippen molar-refractivity contribution in [1.82, 2.24) is 16.1 Å². The van der Waals surface area contributed by atoms with Gasteiger partial charge in [-0.2, -0.15) is 5.10 Å². The number of hydrogen-bond acceptors (Lipinski definition) is 9. The van der Waals surface area contributed by atoms with E-state index in [1.54, 1.807) is 43.5 Å². The van der Waals surface area contributed by atoms with Gasteiger partial charge >= 0.3 is 12.0 Å². The van der Waals surface area contributed by atoms with E-state index >= 15 is 0 Å². The van der Waals surface area contributed by atoms with Crippen molar-refractivity contribution in [2.24, 2.45) is 5.10 Å². The normalized spacial score (nSPS) is 15.4. The Kier molecular flexibility index (Phi) is 10.8. The Morgan fingerprint density at radius 2 is 1.84 bits per heavy atom. The largest absolute Gasteiger partial charge is 0.490 e. The van der Waals surface area contributed by atoms with Crippen LogP contribution >= 0.6 is 11.6 Å². The second-order valence-corrected chi connectivity index (χ2v) is 9.80. The molecule has 0 fully saturated rings. The molecule has 3 aromatic rings. The molecule has 4 N–H and O–H groups in total. The molecule has 11 nitrogen and oxygen atoms in total. The number of ether oxygens (including phenoxy) is 4. The van der Waals surface area contributed by atoms with Gasteiger partial charge in [-0.3, -0.25) is 5.43 Å². The maximum atomic E-state index is 12.4. The Labute approximate surface area is 254 Å². The van der Waals surface area contributed by atoms with Crippen molar-refractivity contribution in [1.29, 1.82) is 0 Å². The minimum Gasteiger partial charge on any atom is -0.490 e. The molecule has 1 heterocycles. The van der Waals surface area contributed by atoms with Gasteiger partial charge in [-0.25, -0.2) is 9.59 Å². The van der Waals surface area contributed by atoms with Crippen LogP contribution in [0.4, 0.5) is 4.79 Å². The molecule has 4 rings (SSSR count). The summed E-state index contributed by atoms with van der Waals surface area (Å²) in [6.07, 6.45) is 0.399. The Balaban J connectivity index is 1.38. The van der Waals surface area contributed by atoms with Gasteiger partial charge in [-0.15, -0.1) is 0 Å². The number of nitrogens with one attached hydrogen (secondary N) is 3. The molecule has 0 bridgehead atoms. The van der Waals surface area contributed by atoms with Crippen molar-refractivity contribution in [3.05, 3.63) is 99.7 Å². The summed E-state index contributed by atoms with van der Waals surface area (Å²) in [5.41, 5.74) is 5.57. The second kappa shape index (κ2) is 14.9. The number of carbonyl (C=O) groups is 2. The molecular formula is C31H33ClN4O7. The maximum absolute atomic E-state index is 12.4. The lowest BCUT2D eigenvalue weighted by Gasteiger charge is -2.28. The van der Waals surface area contributed by atoms with E-state index in [9.17, 15) is 14.7 Å². The highest BCUT2D eigenvalue weighted by molar-refractivity contribution is 6.30. The highest BCUT2D eigenvalue weighted by Gasteiger charge is 2.32. The van der Waals surface area contributed by atoms with Gasteiger partial charge in [0.25, 0.3) is 0 Å². The molecule has 1 aliphatic heterocycles. The Morgan fingerprint density at radius 3 is 2.58 bits per heavy atom. The fourth-order valence-electron chi connectivity index (χ4n) is 4.28. The number of nitrogens with zero attached hydrogens (tertiary/aromatic N) is 1. The van der Waals surface area contributed by atoms with Gasteiger partial charge in [0.1, 0.15) is 19.0 Å². The average molecular weight is 609 g/mol. The van der Waals surface area contributed by atoms with Gasteiger partial charge in [-0.1, -0.05) is 41.9 Å². The lowest BCUT2D eigenvalue weighted by molar-refractivity contribution is -0.136. The molecule has 12 heteroatoms. The number of hydrogen-bond donors (Lipinski definition) is 4. The zero-order valence-corrected chi connectivity index (χ0v) is 24.7. The smallest absolute Gasteiger partial charge is 0.337 e. The molecule has 0 saturated heterocycles. The fraction of sp³-hybridized carbons (Fsp3) is 0.258. The molecule has 226 valence electrons. The van der Waals surface area contributed by atoms with E-state index < -0.39 is 24.3 Å². The zero-order valence-electron chi connectivity index (χ0n) is 23.9. The average Bonchev–Trinajstić information content (AvgIpc) is 3.00. The van der Waals surface area contributed by atoms with Crippen LogP contribution in [0.1, 0.15) is 36.6 Å². The Bertz CT molecular complexity index is 1490. The minimum atomic E-state index is -1.15. The number of allylic oxidation sites excluding steroid dienone is 1. The van der Waals surface area contributed by atoms with Crippen LogP contribution in [0.3, 0.4) is 0 Å². The summed E-state index contributed by atoms with van der Waals surface area (Å²) in [6, 6.07) is 18.6. The summed E-state index contributed by atoms with van der Waals surface area (Å²) in [4.78, 5) is 24.6. The predicted molar refractivity (Wildman–Crippen MR) is 161 cm³/mol. The van der Waals surface area contributed by atoms with E-state index in [2.05, 4.69) is 21.2 Å². The van der Waals surface area contributed by atoms with Crippen LogP contribution < -0.4 is 30.3 Å². The van der Waals surface area contributed by atoms with Crippen molar-refractivity contribution >= 4 is 29.8 Å². The summed E-state index contributed by atoms with van der Waals surface area (Å²) in [5.74, 6) is 0.786. The van der Waals surface area contributed by atoms with Crippen LogP contribution in [0.15, 0.2) is 83.1 Å². The van der Waals surface area contributed by atoms with Gasteiger partial charge in [0.2, 0.25) is 0 Å². The SMILES string of the molecule is CCOc1cc([C@@H]2NC(=O)NC(C)=C2C(=O)OC)ccc1OC[C@H](O)N/N=C/c1ccccc1OCc1ccc(Cl)cc1. The first-order chi connectivity index (χ1) is 20.8.